The number of hydrogen-bond donors (Lipinski definition) is 1. The molecule has 120 valence electrons. The number of nitrogens with one attached hydrogen (secondary N) is 1. The number of piperidine rings is 1. The molecule has 2 aromatic heterocycles. The summed E-state index contributed by atoms with van der Waals surface area (Å²) in [5, 5.41) is 7.47. The van der Waals surface area contributed by atoms with Crippen LogP contribution in [0, 0.1) is 0 Å². The summed E-state index contributed by atoms with van der Waals surface area (Å²) >= 11 is 0. The summed E-state index contributed by atoms with van der Waals surface area (Å²) in [5.41, 5.74) is 0.966. The zero-order valence-electron chi connectivity index (χ0n) is 13.1. The Kier molecular flexibility index (Phi) is 3.81. The largest absolute Gasteiger partial charge is 0.342 e. The van der Waals surface area contributed by atoms with Crippen LogP contribution in [-0.2, 0) is 11.2 Å². The molecule has 1 atom stereocenters. The van der Waals surface area contributed by atoms with Crippen molar-refractivity contribution in [2.45, 2.75) is 43.9 Å². The van der Waals surface area contributed by atoms with Gasteiger partial charge in [-0.2, -0.15) is 5.10 Å². The molecule has 1 aliphatic carbocycles. The van der Waals surface area contributed by atoms with E-state index in [-0.39, 0.29) is 11.8 Å². The fraction of sp³-hybridized carbons (Fsp3) is 0.529. The van der Waals surface area contributed by atoms with Gasteiger partial charge in [-0.05, 0) is 37.3 Å². The summed E-state index contributed by atoms with van der Waals surface area (Å²) in [7, 11) is 0. The fourth-order valence-corrected chi connectivity index (χ4v) is 3.21. The second kappa shape index (κ2) is 6.10. The Morgan fingerprint density at radius 3 is 3.00 bits per heavy atom. The standard InChI is InChI=1S/C17H21N5O/c23-15(9-12-3-1-7-18-10-12)22-8-2-4-14(11-22)17-19-16(20-21-17)13-5-6-13/h1,3,7,10,13-14H,2,4-6,8-9,11H2,(H,19,20,21)/t14-/m0/s1. The number of aromatic amines is 1. The lowest BCUT2D eigenvalue weighted by Gasteiger charge is -2.31. The summed E-state index contributed by atoms with van der Waals surface area (Å²) in [6.07, 6.45) is 8.41. The number of aromatic nitrogens is 4. The van der Waals surface area contributed by atoms with Crippen LogP contribution >= 0.6 is 0 Å². The number of carbonyl (C=O) groups is 1. The van der Waals surface area contributed by atoms with Gasteiger partial charge in [-0.15, -0.1) is 0 Å². The van der Waals surface area contributed by atoms with Crippen molar-refractivity contribution in [3.8, 4) is 0 Å². The van der Waals surface area contributed by atoms with Crippen LogP contribution in [-0.4, -0.2) is 44.1 Å². The molecule has 23 heavy (non-hydrogen) atoms. The Bertz CT molecular complexity index is 679. The van der Waals surface area contributed by atoms with Gasteiger partial charge in [0.15, 0.2) is 5.82 Å². The molecule has 6 heteroatoms. The number of rotatable bonds is 4. The van der Waals surface area contributed by atoms with Crippen LogP contribution in [0.15, 0.2) is 24.5 Å². The highest BCUT2D eigenvalue weighted by Crippen LogP contribution is 2.38. The van der Waals surface area contributed by atoms with E-state index in [1.165, 1.54) is 12.8 Å². The van der Waals surface area contributed by atoms with Crippen molar-refractivity contribution in [1.82, 2.24) is 25.1 Å². The molecule has 3 heterocycles. The lowest BCUT2D eigenvalue weighted by Crippen LogP contribution is -2.40. The number of nitrogens with zero attached hydrogens (tertiary/aromatic N) is 4. The van der Waals surface area contributed by atoms with E-state index < -0.39 is 0 Å². The average Bonchev–Trinajstić information content (AvgIpc) is 3.33. The van der Waals surface area contributed by atoms with Gasteiger partial charge in [0.2, 0.25) is 5.91 Å². The van der Waals surface area contributed by atoms with Gasteiger partial charge in [0, 0.05) is 37.3 Å². The topological polar surface area (TPSA) is 74.8 Å². The number of hydrogen-bond acceptors (Lipinski definition) is 4. The molecule has 1 aliphatic heterocycles. The van der Waals surface area contributed by atoms with Crippen LogP contribution in [0.1, 0.15) is 54.7 Å². The SMILES string of the molecule is O=C(Cc1cccnc1)N1CCC[C@H](c2n[nH]c(C3CC3)n2)C1. The minimum atomic E-state index is 0.167. The van der Waals surface area contributed by atoms with Gasteiger partial charge >= 0.3 is 0 Å². The lowest BCUT2D eigenvalue weighted by molar-refractivity contribution is -0.131. The number of likely N-dealkylation sites (tertiary alicyclic amines) is 1. The van der Waals surface area contributed by atoms with Crippen molar-refractivity contribution in [1.29, 1.82) is 0 Å². The van der Waals surface area contributed by atoms with Gasteiger partial charge in [0.05, 0.1) is 6.42 Å². The van der Waals surface area contributed by atoms with Gasteiger partial charge in [0.1, 0.15) is 5.82 Å². The average molecular weight is 311 g/mol. The molecule has 2 fully saturated rings. The Morgan fingerprint density at radius 2 is 2.22 bits per heavy atom. The number of pyridine rings is 1. The minimum Gasteiger partial charge on any atom is -0.342 e. The van der Waals surface area contributed by atoms with Crippen molar-refractivity contribution in [3.05, 3.63) is 41.7 Å². The number of H-pyrrole nitrogens is 1. The summed E-state index contributed by atoms with van der Waals surface area (Å²) in [6, 6.07) is 3.82. The molecule has 0 bridgehead atoms. The van der Waals surface area contributed by atoms with Crippen LogP contribution < -0.4 is 0 Å². The Labute approximate surface area is 135 Å². The first-order valence-electron chi connectivity index (χ1n) is 8.38. The van der Waals surface area contributed by atoms with Crippen LogP contribution in [0.4, 0.5) is 0 Å². The van der Waals surface area contributed by atoms with E-state index >= 15 is 0 Å². The van der Waals surface area contributed by atoms with Gasteiger partial charge in [-0.25, -0.2) is 4.98 Å². The third-order valence-corrected chi connectivity index (χ3v) is 4.70. The first-order chi connectivity index (χ1) is 11.3. The minimum absolute atomic E-state index is 0.167. The predicted octanol–water partition coefficient (Wildman–Crippen LogP) is 2.03. The molecular weight excluding hydrogens is 290 g/mol. The smallest absolute Gasteiger partial charge is 0.227 e. The Hall–Kier alpha value is -2.24. The maximum Gasteiger partial charge on any atom is 0.227 e. The van der Waals surface area contributed by atoms with E-state index in [2.05, 4.69) is 20.2 Å². The van der Waals surface area contributed by atoms with Gasteiger partial charge in [-0.1, -0.05) is 6.07 Å². The van der Waals surface area contributed by atoms with Gasteiger partial charge < -0.3 is 4.90 Å². The zero-order chi connectivity index (χ0) is 15.6. The Morgan fingerprint density at radius 1 is 1.30 bits per heavy atom. The fourth-order valence-electron chi connectivity index (χ4n) is 3.21. The molecule has 0 aromatic carbocycles. The summed E-state index contributed by atoms with van der Waals surface area (Å²) < 4.78 is 0. The van der Waals surface area contributed by atoms with Crippen molar-refractivity contribution in [2.75, 3.05) is 13.1 Å². The van der Waals surface area contributed by atoms with Crippen LogP contribution in [0.25, 0.3) is 0 Å². The zero-order valence-corrected chi connectivity index (χ0v) is 13.1. The maximum absolute atomic E-state index is 12.5. The molecule has 0 unspecified atom stereocenters. The predicted molar refractivity (Wildman–Crippen MR) is 84.9 cm³/mol. The Balaban J connectivity index is 1.40. The molecular formula is C17H21N5O. The molecule has 2 aliphatic rings. The molecule has 2 aromatic rings. The second-order valence-electron chi connectivity index (χ2n) is 6.57. The summed E-state index contributed by atoms with van der Waals surface area (Å²) in [6.45, 7) is 1.55. The highest BCUT2D eigenvalue weighted by Gasteiger charge is 2.31. The van der Waals surface area contributed by atoms with E-state index in [1.807, 2.05) is 17.0 Å². The third kappa shape index (κ3) is 3.25. The molecule has 0 spiro atoms. The lowest BCUT2D eigenvalue weighted by atomic mass is 9.97. The monoisotopic (exact) mass is 311 g/mol. The molecule has 4 rings (SSSR count). The highest BCUT2D eigenvalue weighted by molar-refractivity contribution is 5.78. The van der Waals surface area contributed by atoms with Gasteiger partial charge in [-0.3, -0.25) is 14.9 Å². The quantitative estimate of drug-likeness (QED) is 0.937. The van der Waals surface area contributed by atoms with Crippen molar-refractivity contribution < 1.29 is 4.79 Å². The molecule has 1 amide bonds. The maximum atomic E-state index is 12.5. The van der Waals surface area contributed by atoms with E-state index in [0.29, 0.717) is 12.3 Å². The molecule has 0 radical (unpaired) electrons. The van der Waals surface area contributed by atoms with E-state index in [1.54, 1.807) is 12.4 Å². The van der Waals surface area contributed by atoms with Crippen molar-refractivity contribution in [2.24, 2.45) is 0 Å². The third-order valence-electron chi connectivity index (χ3n) is 4.70. The molecule has 1 saturated carbocycles. The summed E-state index contributed by atoms with van der Waals surface area (Å²) in [5.74, 6) is 2.92. The van der Waals surface area contributed by atoms with Crippen LogP contribution in [0.3, 0.4) is 0 Å². The molecule has 1 N–H and O–H groups in total. The van der Waals surface area contributed by atoms with Crippen molar-refractivity contribution >= 4 is 5.91 Å². The van der Waals surface area contributed by atoms with Gasteiger partial charge in [0.25, 0.3) is 0 Å². The van der Waals surface area contributed by atoms with Crippen LogP contribution in [0.2, 0.25) is 0 Å². The highest BCUT2D eigenvalue weighted by atomic mass is 16.2. The number of amides is 1. The first-order valence-corrected chi connectivity index (χ1v) is 8.38. The second-order valence-corrected chi connectivity index (χ2v) is 6.57. The van der Waals surface area contributed by atoms with E-state index in [0.717, 1.165) is 43.1 Å². The van der Waals surface area contributed by atoms with Crippen LogP contribution in [0.5, 0.6) is 0 Å². The molecule has 6 nitrogen and oxygen atoms in total. The van der Waals surface area contributed by atoms with Crippen molar-refractivity contribution in [3.63, 3.8) is 0 Å². The van der Waals surface area contributed by atoms with E-state index in [4.69, 9.17) is 0 Å². The number of carbonyl (C=O) groups excluding carboxylic acids is 1. The first kappa shape index (κ1) is 14.4. The van der Waals surface area contributed by atoms with E-state index in [9.17, 15) is 4.79 Å². The normalized spacial score (nSPS) is 21.4. The summed E-state index contributed by atoms with van der Waals surface area (Å²) in [4.78, 5) is 23.2. The molecule has 1 saturated heterocycles.